The average Bonchev–Trinajstić information content (AvgIpc) is 2.30. The van der Waals surface area contributed by atoms with Crippen LogP contribution in [-0.2, 0) is 0 Å². The SMILES string of the molecule is CN(C)c1nccc(OC2CCNCC2)n1. The van der Waals surface area contributed by atoms with Crippen molar-refractivity contribution in [3.63, 3.8) is 0 Å². The van der Waals surface area contributed by atoms with Crippen molar-refractivity contribution in [1.82, 2.24) is 15.3 Å². The van der Waals surface area contributed by atoms with Crippen LogP contribution in [0.5, 0.6) is 5.88 Å². The van der Waals surface area contributed by atoms with Crippen LogP contribution in [0, 0.1) is 0 Å². The number of ether oxygens (including phenoxy) is 1. The topological polar surface area (TPSA) is 50.3 Å². The lowest BCUT2D eigenvalue weighted by atomic mass is 10.1. The van der Waals surface area contributed by atoms with E-state index in [1.165, 1.54) is 0 Å². The van der Waals surface area contributed by atoms with Crippen molar-refractivity contribution < 1.29 is 4.74 Å². The van der Waals surface area contributed by atoms with E-state index in [1.807, 2.05) is 25.1 Å². The first-order chi connectivity index (χ1) is 7.75. The van der Waals surface area contributed by atoms with E-state index in [9.17, 15) is 0 Å². The Balaban J connectivity index is 2.00. The van der Waals surface area contributed by atoms with Crippen LogP contribution >= 0.6 is 0 Å². The summed E-state index contributed by atoms with van der Waals surface area (Å²) in [7, 11) is 3.84. The van der Waals surface area contributed by atoms with E-state index in [2.05, 4.69) is 15.3 Å². The van der Waals surface area contributed by atoms with Gasteiger partial charge in [-0.1, -0.05) is 0 Å². The van der Waals surface area contributed by atoms with Gasteiger partial charge in [0.2, 0.25) is 11.8 Å². The average molecular weight is 222 g/mol. The second-order valence-corrected chi connectivity index (χ2v) is 4.16. The molecule has 1 aromatic rings. The van der Waals surface area contributed by atoms with Gasteiger partial charge < -0.3 is 15.0 Å². The molecule has 2 rings (SSSR count). The second kappa shape index (κ2) is 5.12. The van der Waals surface area contributed by atoms with Gasteiger partial charge in [0.1, 0.15) is 6.10 Å². The van der Waals surface area contributed by atoms with Crippen molar-refractivity contribution in [2.45, 2.75) is 18.9 Å². The van der Waals surface area contributed by atoms with Crippen LogP contribution in [0.4, 0.5) is 5.95 Å². The maximum absolute atomic E-state index is 5.83. The molecule has 1 aromatic heterocycles. The molecule has 0 amide bonds. The van der Waals surface area contributed by atoms with Crippen LogP contribution in [-0.4, -0.2) is 43.3 Å². The van der Waals surface area contributed by atoms with Crippen molar-refractivity contribution in [1.29, 1.82) is 0 Å². The van der Waals surface area contributed by atoms with E-state index >= 15 is 0 Å². The molecule has 0 aromatic carbocycles. The molecular weight excluding hydrogens is 204 g/mol. The number of rotatable bonds is 3. The van der Waals surface area contributed by atoms with E-state index in [0.29, 0.717) is 11.8 Å². The molecule has 0 saturated carbocycles. The summed E-state index contributed by atoms with van der Waals surface area (Å²) in [5.41, 5.74) is 0. The number of nitrogens with zero attached hydrogens (tertiary/aromatic N) is 3. The minimum Gasteiger partial charge on any atom is -0.474 e. The first-order valence-electron chi connectivity index (χ1n) is 5.63. The highest BCUT2D eigenvalue weighted by Crippen LogP contribution is 2.15. The fourth-order valence-corrected chi connectivity index (χ4v) is 1.70. The summed E-state index contributed by atoms with van der Waals surface area (Å²) in [6, 6.07) is 1.81. The summed E-state index contributed by atoms with van der Waals surface area (Å²) in [4.78, 5) is 10.4. The quantitative estimate of drug-likeness (QED) is 0.814. The van der Waals surface area contributed by atoms with Crippen LogP contribution in [0.1, 0.15) is 12.8 Å². The summed E-state index contributed by atoms with van der Waals surface area (Å²) in [6.45, 7) is 2.05. The minimum atomic E-state index is 0.283. The van der Waals surface area contributed by atoms with E-state index in [4.69, 9.17) is 4.74 Å². The smallest absolute Gasteiger partial charge is 0.228 e. The maximum Gasteiger partial charge on any atom is 0.228 e. The van der Waals surface area contributed by atoms with Crippen LogP contribution in [0.3, 0.4) is 0 Å². The van der Waals surface area contributed by atoms with E-state index in [-0.39, 0.29) is 6.10 Å². The standard InChI is InChI=1S/C11H18N4O/c1-15(2)11-13-8-5-10(14-11)16-9-3-6-12-7-4-9/h5,8-9,12H,3-4,6-7H2,1-2H3. The molecule has 1 saturated heterocycles. The molecule has 1 fully saturated rings. The Hall–Kier alpha value is -1.36. The van der Waals surface area contributed by atoms with Crippen LogP contribution in [0.2, 0.25) is 0 Å². The summed E-state index contributed by atoms with van der Waals surface area (Å²) in [6.07, 6.45) is 4.10. The van der Waals surface area contributed by atoms with Crippen molar-refractivity contribution >= 4 is 5.95 Å². The Morgan fingerprint density at radius 1 is 1.38 bits per heavy atom. The zero-order chi connectivity index (χ0) is 11.4. The molecule has 5 heteroatoms. The highest BCUT2D eigenvalue weighted by molar-refractivity contribution is 5.29. The van der Waals surface area contributed by atoms with Gasteiger partial charge in [0.05, 0.1) is 0 Å². The fraction of sp³-hybridized carbons (Fsp3) is 0.636. The van der Waals surface area contributed by atoms with Crippen LogP contribution in [0.15, 0.2) is 12.3 Å². The molecule has 1 aliphatic heterocycles. The molecular formula is C11H18N4O. The number of hydrogen-bond donors (Lipinski definition) is 1. The molecule has 0 atom stereocenters. The van der Waals surface area contributed by atoms with Gasteiger partial charge in [-0.05, 0) is 25.9 Å². The predicted molar refractivity (Wildman–Crippen MR) is 62.9 cm³/mol. The predicted octanol–water partition coefficient (Wildman–Crippen LogP) is 0.673. The van der Waals surface area contributed by atoms with Crippen molar-refractivity contribution in [3.8, 4) is 5.88 Å². The van der Waals surface area contributed by atoms with Gasteiger partial charge in [-0.2, -0.15) is 4.98 Å². The van der Waals surface area contributed by atoms with Gasteiger partial charge in [0, 0.05) is 26.4 Å². The van der Waals surface area contributed by atoms with E-state index < -0.39 is 0 Å². The van der Waals surface area contributed by atoms with Crippen molar-refractivity contribution in [2.75, 3.05) is 32.1 Å². The Bertz CT molecular complexity index is 337. The lowest BCUT2D eigenvalue weighted by Crippen LogP contribution is -2.34. The first kappa shape index (κ1) is 11.1. The number of nitrogens with one attached hydrogen (secondary N) is 1. The molecule has 88 valence electrons. The Kier molecular flexibility index (Phi) is 3.56. The van der Waals surface area contributed by atoms with Gasteiger partial charge in [-0.3, -0.25) is 0 Å². The van der Waals surface area contributed by atoms with Crippen LogP contribution < -0.4 is 15.0 Å². The maximum atomic E-state index is 5.83. The van der Waals surface area contributed by atoms with E-state index in [1.54, 1.807) is 6.20 Å². The van der Waals surface area contributed by atoms with Crippen molar-refractivity contribution in [3.05, 3.63) is 12.3 Å². The number of aromatic nitrogens is 2. The van der Waals surface area contributed by atoms with Crippen molar-refractivity contribution in [2.24, 2.45) is 0 Å². The molecule has 0 radical (unpaired) electrons. The molecule has 0 spiro atoms. The highest BCUT2D eigenvalue weighted by Gasteiger charge is 2.15. The molecule has 0 unspecified atom stereocenters. The zero-order valence-electron chi connectivity index (χ0n) is 9.81. The molecule has 16 heavy (non-hydrogen) atoms. The van der Waals surface area contributed by atoms with Gasteiger partial charge in [-0.25, -0.2) is 4.98 Å². The zero-order valence-corrected chi connectivity index (χ0v) is 9.81. The van der Waals surface area contributed by atoms with Gasteiger partial charge in [0.15, 0.2) is 0 Å². The third-order valence-electron chi connectivity index (χ3n) is 2.59. The third kappa shape index (κ3) is 2.82. The summed E-state index contributed by atoms with van der Waals surface area (Å²) in [5, 5.41) is 3.31. The highest BCUT2D eigenvalue weighted by atomic mass is 16.5. The molecule has 5 nitrogen and oxygen atoms in total. The molecule has 0 aliphatic carbocycles. The lowest BCUT2D eigenvalue weighted by Gasteiger charge is -2.23. The largest absolute Gasteiger partial charge is 0.474 e. The Morgan fingerprint density at radius 3 is 2.81 bits per heavy atom. The van der Waals surface area contributed by atoms with Gasteiger partial charge in [-0.15, -0.1) is 0 Å². The molecule has 1 aliphatic rings. The Labute approximate surface area is 95.8 Å². The molecule has 1 N–H and O–H groups in total. The van der Waals surface area contributed by atoms with Gasteiger partial charge >= 0.3 is 0 Å². The summed E-state index contributed by atoms with van der Waals surface area (Å²) >= 11 is 0. The van der Waals surface area contributed by atoms with Crippen LogP contribution in [0.25, 0.3) is 0 Å². The normalized spacial score (nSPS) is 17.1. The minimum absolute atomic E-state index is 0.283. The fourth-order valence-electron chi connectivity index (χ4n) is 1.70. The molecule has 2 heterocycles. The third-order valence-corrected chi connectivity index (χ3v) is 2.59. The number of anilines is 1. The number of piperidine rings is 1. The Morgan fingerprint density at radius 2 is 2.12 bits per heavy atom. The summed E-state index contributed by atoms with van der Waals surface area (Å²) in [5.74, 6) is 1.36. The molecule has 0 bridgehead atoms. The summed E-state index contributed by atoms with van der Waals surface area (Å²) < 4.78 is 5.83. The monoisotopic (exact) mass is 222 g/mol. The van der Waals surface area contributed by atoms with Gasteiger partial charge in [0.25, 0.3) is 0 Å². The lowest BCUT2D eigenvalue weighted by molar-refractivity contribution is 0.156. The van der Waals surface area contributed by atoms with E-state index in [0.717, 1.165) is 25.9 Å². The number of hydrogen-bond acceptors (Lipinski definition) is 5. The second-order valence-electron chi connectivity index (χ2n) is 4.16. The first-order valence-corrected chi connectivity index (χ1v) is 5.63.